The number of piperazine rings is 1. The summed E-state index contributed by atoms with van der Waals surface area (Å²) < 4.78 is 17.2. The van der Waals surface area contributed by atoms with Crippen molar-refractivity contribution in [2.75, 3.05) is 76.1 Å². The Labute approximate surface area is 218 Å². The fourth-order valence-electron chi connectivity index (χ4n) is 4.03. The molecule has 4 rings (SSSR count). The molecule has 2 fully saturated rings. The topological polar surface area (TPSA) is 101 Å². The monoisotopic (exact) mass is 568 g/mol. The fourth-order valence-corrected chi connectivity index (χ4v) is 4.59. The molecule has 2 atom stereocenters. The molecular formula is C23H30BrClN6O4. The van der Waals surface area contributed by atoms with Crippen molar-refractivity contribution in [2.45, 2.75) is 12.2 Å². The summed E-state index contributed by atoms with van der Waals surface area (Å²) >= 11 is 9.48. The van der Waals surface area contributed by atoms with E-state index in [9.17, 15) is 4.79 Å². The number of hydrogen-bond donors (Lipinski definition) is 2. The summed E-state index contributed by atoms with van der Waals surface area (Å²) in [5.74, 6) is 1.38. The number of nitrogens with zero attached hydrogens (tertiary/aromatic N) is 4. The molecule has 0 unspecified atom stereocenters. The van der Waals surface area contributed by atoms with Crippen molar-refractivity contribution in [3.63, 3.8) is 0 Å². The molecule has 1 aromatic carbocycles. The number of aromatic nitrogens is 2. The minimum atomic E-state index is -0.0212. The Kier molecular flexibility index (Phi) is 9.01. The molecule has 0 saturated carbocycles. The summed E-state index contributed by atoms with van der Waals surface area (Å²) in [6.45, 7) is 4.94. The van der Waals surface area contributed by atoms with Crippen LogP contribution in [0.1, 0.15) is 10.4 Å². The van der Waals surface area contributed by atoms with Crippen molar-refractivity contribution < 1.29 is 19.0 Å². The van der Waals surface area contributed by atoms with E-state index in [0.717, 1.165) is 25.0 Å². The molecule has 10 nitrogen and oxygen atoms in total. The molecule has 2 N–H and O–H groups in total. The van der Waals surface area contributed by atoms with Crippen molar-refractivity contribution in [1.82, 2.24) is 19.8 Å². The molecule has 1 amide bonds. The quantitative estimate of drug-likeness (QED) is 0.465. The molecule has 190 valence electrons. The van der Waals surface area contributed by atoms with Gasteiger partial charge in [-0.3, -0.25) is 9.69 Å². The zero-order valence-electron chi connectivity index (χ0n) is 19.8. The van der Waals surface area contributed by atoms with E-state index in [4.69, 9.17) is 25.8 Å². The molecule has 2 aliphatic rings. The molecule has 0 radical (unpaired) electrons. The summed E-state index contributed by atoms with van der Waals surface area (Å²) in [5.41, 5.74) is 1.22. The van der Waals surface area contributed by atoms with E-state index in [2.05, 4.69) is 41.4 Å². The minimum absolute atomic E-state index is 0.0212. The number of rotatable bonds is 8. The number of hydrogen-bond acceptors (Lipinski definition) is 9. The van der Waals surface area contributed by atoms with Gasteiger partial charge >= 0.3 is 0 Å². The summed E-state index contributed by atoms with van der Waals surface area (Å²) in [6.07, 6.45) is 1.72. The summed E-state index contributed by atoms with van der Waals surface area (Å²) in [7, 11) is 3.30. The first kappa shape index (κ1) is 25.9. The lowest BCUT2D eigenvalue weighted by Gasteiger charge is -2.38. The second-order valence-corrected chi connectivity index (χ2v) is 9.39. The number of ether oxygens (including phenoxy) is 3. The average Bonchev–Trinajstić information content (AvgIpc) is 2.90. The second kappa shape index (κ2) is 12.2. The van der Waals surface area contributed by atoms with Gasteiger partial charge in [-0.25, -0.2) is 4.98 Å². The number of carbonyl (C=O) groups is 1. The molecule has 12 heteroatoms. The zero-order valence-corrected chi connectivity index (χ0v) is 22.1. The number of amides is 1. The van der Waals surface area contributed by atoms with Crippen LogP contribution < -0.4 is 15.4 Å². The van der Waals surface area contributed by atoms with Crippen molar-refractivity contribution in [3.8, 4) is 5.75 Å². The zero-order chi connectivity index (χ0) is 24.8. The van der Waals surface area contributed by atoms with Gasteiger partial charge in [0.2, 0.25) is 5.95 Å². The highest BCUT2D eigenvalue weighted by Crippen LogP contribution is 2.29. The molecule has 0 bridgehead atoms. The van der Waals surface area contributed by atoms with E-state index < -0.39 is 0 Å². The Hall–Kier alpha value is -2.18. The van der Waals surface area contributed by atoms with Crippen molar-refractivity contribution in [2.24, 2.45) is 0 Å². The maximum absolute atomic E-state index is 13.2. The Bertz CT molecular complexity index is 1020. The van der Waals surface area contributed by atoms with E-state index in [1.807, 2.05) is 4.90 Å². The number of methoxy groups -OCH3 is 1. The van der Waals surface area contributed by atoms with Gasteiger partial charge < -0.3 is 29.7 Å². The Balaban J connectivity index is 1.33. The number of anilines is 3. The van der Waals surface area contributed by atoms with Crippen LogP contribution in [-0.4, -0.2) is 103 Å². The van der Waals surface area contributed by atoms with Crippen molar-refractivity contribution in [1.29, 1.82) is 0 Å². The fraction of sp³-hybridized carbons (Fsp3) is 0.522. The Morgan fingerprint density at radius 2 is 1.97 bits per heavy atom. The normalized spacial score (nSPS) is 21.0. The lowest BCUT2D eigenvalue weighted by Crippen LogP contribution is -2.52. The highest BCUT2D eigenvalue weighted by molar-refractivity contribution is 9.09. The first-order valence-corrected chi connectivity index (χ1v) is 13.0. The Morgan fingerprint density at radius 3 is 2.63 bits per heavy atom. The van der Waals surface area contributed by atoms with Crippen LogP contribution in [0.4, 0.5) is 17.5 Å². The summed E-state index contributed by atoms with van der Waals surface area (Å²) in [6, 6.07) is 5.31. The van der Waals surface area contributed by atoms with Gasteiger partial charge in [-0.2, -0.15) is 4.98 Å². The van der Waals surface area contributed by atoms with Crippen molar-refractivity contribution >= 4 is 50.9 Å². The van der Waals surface area contributed by atoms with E-state index in [1.54, 1.807) is 32.4 Å². The van der Waals surface area contributed by atoms with Crippen LogP contribution in [0.15, 0.2) is 24.4 Å². The van der Waals surface area contributed by atoms with Crippen molar-refractivity contribution in [3.05, 3.63) is 35.0 Å². The molecule has 3 heterocycles. The Morgan fingerprint density at radius 1 is 1.23 bits per heavy atom. The van der Waals surface area contributed by atoms with Gasteiger partial charge in [-0.15, -0.1) is 0 Å². The van der Waals surface area contributed by atoms with Gasteiger partial charge in [0.1, 0.15) is 16.6 Å². The van der Waals surface area contributed by atoms with E-state index in [1.165, 1.54) is 6.20 Å². The first-order chi connectivity index (χ1) is 17.0. The van der Waals surface area contributed by atoms with E-state index in [-0.39, 0.29) is 18.1 Å². The maximum Gasteiger partial charge on any atom is 0.254 e. The van der Waals surface area contributed by atoms with Crippen LogP contribution in [-0.2, 0) is 9.47 Å². The number of carbonyl (C=O) groups excluding carboxylic acids is 1. The van der Waals surface area contributed by atoms with Gasteiger partial charge in [-0.1, -0.05) is 27.5 Å². The van der Waals surface area contributed by atoms with Crippen LogP contribution in [0, 0.1) is 0 Å². The maximum atomic E-state index is 13.2. The summed E-state index contributed by atoms with van der Waals surface area (Å²) in [4.78, 5) is 25.9. The average molecular weight is 570 g/mol. The summed E-state index contributed by atoms with van der Waals surface area (Å²) in [5, 5.41) is 7.25. The highest BCUT2D eigenvalue weighted by Gasteiger charge is 2.27. The van der Waals surface area contributed by atoms with Crippen LogP contribution >= 0.6 is 27.5 Å². The van der Waals surface area contributed by atoms with Gasteiger partial charge in [0, 0.05) is 50.7 Å². The van der Waals surface area contributed by atoms with Gasteiger partial charge in [0.25, 0.3) is 5.91 Å². The molecule has 2 aliphatic heterocycles. The third-order valence-corrected chi connectivity index (χ3v) is 7.00. The third-order valence-electron chi connectivity index (χ3n) is 6.00. The van der Waals surface area contributed by atoms with E-state index >= 15 is 0 Å². The largest absolute Gasteiger partial charge is 0.495 e. The standard InChI is InChI=1S/C23H30BrClN6O4/c1-26-21-18(25)11-27-23(29-21)28-19-4-3-15(9-20(19)33-2)22(32)31-7-5-30(6-8-31)12-17-14-34-16(10-24)13-35-17/h3-4,9,11,16-17H,5-8,10,12-14H2,1-2H3,(H2,26,27,28,29)/t16-,17+/m1/s1. The molecule has 35 heavy (non-hydrogen) atoms. The molecular weight excluding hydrogens is 540 g/mol. The van der Waals surface area contributed by atoms with Gasteiger partial charge in [-0.05, 0) is 18.2 Å². The van der Waals surface area contributed by atoms with Gasteiger partial charge in [0.15, 0.2) is 0 Å². The number of benzene rings is 1. The van der Waals surface area contributed by atoms with E-state index in [0.29, 0.717) is 60.1 Å². The predicted molar refractivity (Wildman–Crippen MR) is 138 cm³/mol. The van der Waals surface area contributed by atoms with Crippen LogP contribution in [0.25, 0.3) is 0 Å². The van der Waals surface area contributed by atoms with Crippen LogP contribution in [0.5, 0.6) is 5.75 Å². The molecule has 0 spiro atoms. The number of halogens is 2. The number of nitrogens with one attached hydrogen (secondary N) is 2. The molecule has 2 aromatic rings. The minimum Gasteiger partial charge on any atom is -0.495 e. The SMILES string of the molecule is CNc1nc(Nc2ccc(C(=O)N3CCN(C[C@H]4CO[C@H](CBr)CO4)CC3)cc2OC)ncc1Cl. The smallest absolute Gasteiger partial charge is 0.254 e. The highest BCUT2D eigenvalue weighted by atomic mass is 79.9. The van der Waals surface area contributed by atoms with Gasteiger partial charge in [0.05, 0.1) is 44.4 Å². The molecule has 1 aromatic heterocycles. The van der Waals surface area contributed by atoms with Crippen LogP contribution in [0.2, 0.25) is 5.02 Å². The third kappa shape index (κ3) is 6.53. The lowest BCUT2D eigenvalue weighted by molar-refractivity contribution is -0.132. The molecule has 0 aliphatic carbocycles. The second-order valence-electron chi connectivity index (χ2n) is 8.34. The number of alkyl halides is 1. The first-order valence-electron chi connectivity index (χ1n) is 11.5. The predicted octanol–water partition coefficient (Wildman–Crippen LogP) is 2.86. The van der Waals surface area contributed by atoms with Crippen LogP contribution in [0.3, 0.4) is 0 Å². The lowest BCUT2D eigenvalue weighted by atomic mass is 10.1. The molecule has 2 saturated heterocycles.